The summed E-state index contributed by atoms with van der Waals surface area (Å²) in [5.41, 5.74) is 0. The normalized spacial score (nSPS) is 31.7. The van der Waals surface area contributed by atoms with Crippen LogP contribution in [-0.4, -0.2) is 47.3 Å². The van der Waals surface area contributed by atoms with Gasteiger partial charge in [-0.15, -0.1) is 23.2 Å². The van der Waals surface area contributed by atoms with Crippen molar-refractivity contribution >= 4 is 81.9 Å². The molecule has 21 heavy (non-hydrogen) atoms. The number of hydrogen-bond donors (Lipinski definition) is 4. The van der Waals surface area contributed by atoms with Crippen LogP contribution in [0.2, 0.25) is 0 Å². The molecule has 4 N–H and O–H groups in total. The highest BCUT2D eigenvalue weighted by atomic mass is 35.5. The quantitative estimate of drug-likeness (QED) is 0.410. The second-order valence-corrected chi connectivity index (χ2v) is 7.15. The van der Waals surface area contributed by atoms with Crippen LogP contribution in [0.3, 0.4) is 0 Å². The fourth-order valence-corrected chi connectivity index (χ4v) is 4.25. The molecule has 0 aromatic carbocycles. The smallest absolute Gasteiger partial charge is 0.450 e. The third kappa shape index (κ3) is 4.50. The van der Waals surface area contributed by atoms with E-state index in [0.29, 0.717) is 16.5 Å². The first-order valence-corrected chi connectivity index (χ1v) is 7.21. The van der Waals surface area contributed by atoms with Crippen molar-refractivity contribution in [1.29, 1.82) is 0 Å². The van der Waals surface area contributed by atoms with E-state index in [-0.39, 0.29) is 5.92 Å². The molecule has 2 aliphatic rings. The van der Waals surface area contributed by atoms with Crippen molar-refractivity contribution in [2.24, 2.45) is 5.92 Å². The molecule has 0 heterocycles. The molecule has 0 saturated heterocycles. The van der Waals surface area contributed by atoms with E-state index in [2.05, 4.69) is 0 Å². The second kappa shape index (κ2) is 7.53. The predicted octanol–water partition coefficient (Wildman–Crippen LogP) is 4.91. The molecule has 0 radical (unpaired) electrons. The Hall–Kier alpha value is 0.0200. The van der Waals surface area contributed by atoms with Crippen LogP contribution in [0.5, 0.6) is 0 Å². The molecule has 6 nitrogen and oxygen atoms in total. The minimum atomic E-state index is -1.83. The van der Waals surface area contributed by atoms with Crippen molar-refractivity contribution in [2.75, 3.05) is 0 Å². The van der Waals surface area contributed by atoms with Gasteiger partial charge in [-0.25, -0.2) is 9.59 Å². The molecule has 1 fully saturated rings. The summed E-state index contributed by atoms with van der Waals surface area (Å²) >= 11 is 36.2. The third-order valence-corrected chi connectivity index (χ3v) is 6.61. The van der Waals surface area contributed by atoms with E-state index >= 15 is 0 Å². The number of rotatable bonds is 0. The minimum absolute atomic E-state index is 0.122. The molecule has 0 amide bonds. The fraction of sp³-hybridized carbons (Fsp3) is 0.556. The number of allylic oxidation sites excluding steroid dienone is 2. The van der Waals surface area contributed by atoms with E-state index in [4.69, 9.17) is 99.6 Å². The molecule has 0 aliphatic heterocycles. The van der Waals surface area contributed by atoms with Gasteiger partial charge in [-0.1, -0.05) is 46.4 Å². The maximum absolute atomic E-state index is 8.56. The van der Waals surface area contributed by atoms with Crippen LogP contribution >= 0.6 is 69.6 Å². The van der Waals surface area contributed by atoms with Gasteiger partial charge in [0.1, 0.15) is 4.87 Å². The summed E-state index contributed by atoms with van der Waals surface area (Å²) in [5, 5.41) is 28.2. The van der Waals surface area contributed by atoms with Gasteiger partial charge in [-0.05, 0) is 6.42 Å². The Morgan fingerprint density at radius 3 is 1.57 bits per heavy atom. The van der Waals surface area contributed by atoms with Gasteiger partial charge < -0.3 is 20.4 Å². The molecule has 3 atom stereocenters. The maximum Gasteiger partial charge on any atom is 0.503 e. The number of halogens is 6. The second-order valence-electron chi connectivity index (χ2n) is 3.86. The van der Waals surface area contributed by atoms with Crippen LogP contribution in [0, 0.1) is 5.92 Å². The van der Waals surface area contributed by atoms with Crippen molar-refractivity contribution in [3.63, 3.8) is 0 Å². The third-order valence-electron chi connectivity index (χ3n) is 2.61. The summed E-state index contributed by atoms with van der Waals surface area (Å²) in [5.74, 6) is -0.122. The van der Waals surface area contributed by atoms with Crippen molar-refractivity contribution in [3.05, 3.63) is 10.1 Å². The first-order chi connectivity index (χ1) is 9.29. The van der Waals surface area contributed by atoms with E-state index in [1.807, 2.05) is 0 Å². The molecule has 0 spiro atoms. The van der Waals surface area contributed by atoms with Crippen molar-refractivity contribution in [3.8, 4) is 0 Å². The molecule has 0 aromatic rings. The van der Waals surface area contributed by atoms with Gasteiger partial charge in [-0.2, -0.15) is 0 Å². The summed E-state index contributed by atoms with van der Waals surface area (Å²) in [6, 6.07) is 0. The average molecular weight is 425 g/mol. The lowest BCUT2D eigenvalue weighted by atomic mass is 10.1. The zero-order valence-electron chi connectivity index (χ0n) is 9.73. The van der Waals surface area contributed by atoms with Crippen LogP contribution in [0.4, 0.5) is 9.59 Å². The van der Waals surface area contributed by atoms with Gasteiger partial charge in [0.2, 0.25) is 0 Å². The maximum atomic E-state index is 8.56. The summed E-state index contributed by atoms with van der Waals surface area (Å²) in [4.78, 5) is 16.1. The summed E-state index contributed by atoms with van der Waals surface area (Å²) in [6.07, 6.45) is -3.16. The average Bonchev–Trinajstić information content (AvgIpc) is 2.61. The predicted molar refractivity (Wildman–Crippen MR) is 80.8 cm³/mol. The van der Waals surface area contributed by atoms with Gasteiger partial charge in [0, 0.05) is 11.0 Å². The Bertz CT molecular complexity index is 446. The molecule has 12 heteroatoms. The van der Waals surface area contributed by atoms with Gasteiger partial charge in [0.25, 0.3) is 0 Å². The van der Waals surface area contributed by atoms with E-state index < -0.39 is 26.9 Å². The van der Waals surface area contributed by atoms with Crippen LogP contribution < -0.4 is 0 Å². The van der Waals surface area contributed by atoms with Crippen LogP contribution in [0.15, 0.2) is 10.1 Å². The largest absolute Gasteiger partial charge is 0.503 e. The molecule has 2 aliphatic carbocycles. The molecule has 0 aromatic heterocycles. The minimum Gasteiger partial charge on any atom is -0.450 e. The molecule has 3 unspecified atom stereocenters. The Kier molecular flexibility index (Phi) is 7.53. The zero-order chi connectivity index (χ0) is 17.2. The molecule has 1 saturated carbocycles. The van der Waals surface area contributed by atoms with Crippen molar-refractivity contribution in [1.82, 2.24) is 0 Å². The summed E-state index contributed by atoms with van der Waals surface area (Å²) < 4.78 is -1.24. The highest BCUT2D eigenvalue weighted by Gasteiger charge is 2.68. The Morgan fingerprint density at radius 1 is 1.00 bits per heavy atom. The first-order valence-electron chi connectivity index (χ1n) is 4.89. The number of fused-ring (bicyclic) bond motifs is 2. The summed E-state index contributed by atoms with van der Waals surface area (Å²) in [7, 11) is 0. The van der Waals surface area contributed by atoms with Crippen LogP contribution in [0.1, 0.15) is 6.42 Å². The van der Waals surface area contributed by atoms with Gasteiger partial charge in [0.15, 0.2) is 4.33 Å². The number of carbonyl (C=O) groups is 2. The van der Waals surface area contributed by atoms with E-state index in [9.17, 15) is 0 Å². The van der Waals surface area contributed by atoms with Gasteiger partial charge >= 0.3 is 12.3 Å². The van der Waals surface area contributed by atoms with E-state index in [0.717, 1.165) is 0 Å². The zero-order valence-corrected chi connectivity index (χ0v) is 14.3. The molecule has 122 valence electrons. The van der Waals surface area contributed by atoms with Crippen molar-refractivity contribution < 1.29 is 30.0 Å². The highest BCUT2D eigenvalue weighted by Crippen LogP contribution is 2.67. The Morgan fingerprint density at radius 2 is 1.33 bits per heavy atom. The van der Waals surface area contributed by atoms with Gasteiger partial charge in [-0.3, -0.25) is 0 Å². The fourth-order valence-electron chi connectivity index (χ4n) is 1.82. The lowest BCUT2D eigenvalue weighted by Crippen LogP contribution is -2.43. The van der Waals surface area contributed by atoms with Crippen LogP contribution in [0.25, 0.3) is 0 Å². The highest BCUT2D eigenvalue weighted by molar-refractivity contribution is 6.61. The molecular formula is C9H8Cl6O6. The van der Waals surface area contributed by atoms with Crippen molar-refractivity contribution in [2.45, 2.75) is 21.0 Å². The first kappa shape index (κ1) is 21.0. The topological polar surface area (TPSA) is 115 Å². The summed E-state index contributed by atoms with van der Waals surface area (Å²) in [6.45, 7) is 0. The molecular weight excluding hydrogens is 417 g/mol. The lowest BCUT2D eigenvalue weighted by Gasteiger charge is -2.34. The Labute approximate surface area is 148 Å². The molecule has 2 rings (SSSR count). The Balaban J connectivity index is 0.000000421. The SMILES string of the molecule is ClC1=C(Cl)C2(Cl)CC1C(Cl)C2(Cl)Cl.O=C(O)O.O=C(O)O. The lowest BCUT2D eigenvalue weighted by molar-refractivity contribution is 0.135. The van der Waals surface area contributed by atoms with Crippen LogP contribution in [-0.2, 0) is 0 Å². The van der Waals surface area contributed by atoms with E-state index in [1.54, 1.807) is 0 Å². The van der Waals surface area contributed by atoms with E-state index in [1.165, 1.54) is 0 Å². The number of alkyl halides is 4. The standard InChI is InChI=1S/C7H4Cl6.2CH2O3/c8-3-2-1-6(11,5(3)10)7(12,13)4(2)9;2*2-1(3)4/h2,4H,1H2;2*(H2,2,3,4). The molecule has 2 bridgehead atoms. The number of carboxylic acid groups (broad SMARTS) is 4. The van der Waals surface area contributed by atoms with Gasteiger partial charge in [0.05, 0.1) is 10.4 Å². The number of hydrogen-bond acceptors (Lipinski definition) is 2. The monoisotopic (exact) mass is 422 g/mol.